The van der Waals surface area contributed by atoms with Crippen molar-refractivity contribution < 1.29 is 0 Å². The van der Waals surface area contributed by atoms with E-state index in [4.69, 9.17) is 5.26 Å². The molecule has 0 atom stereocenters. The zero-order chi connectivity index (χ0) is 11.1. The SMILES string of the molecule is CCCc1cc(CCC)nc(NC#N)n1. The van der Waals surface area contributed by atoms with Gasteiger partial charge in [0.1, 0.15) is 0 Å². The molecular formula is C11H16N4. The van der Waals surface area contributed by atoms with Crippen LogP contribution in [0.15, 0.2) is 6.07 Å². The summed E-state index contributed by atoms with van der Waals surface area (Å²) in [6.07, 6.45) is 5.81. The van der Waals surface area contributed by atoms with Crippen LogP contribution in [0.3, 0.4) is 0 Å². The van der Waals surface area contributed by atoms with Crippen molar-refractivity contribution in [1.82, 2.24) is 9.97 Å². The molecular weight excluding hydrogens is 188 g/mol. The van der Waals surface area contributed by atoms with Crippen molar-refractivity contribution in [1.29, 1.82) is 5.26 Å². The average Bonchev–Trinajstić information content (AvgIpc) is 2.19. The van der Waals surface area contributed by atoms with Gasteiger partial charge in [-0.15, -0.1) is 0 Å². The summed E-state index contributed by atoms with van der Waals surface area (Å²) in [7, 11) is 0. The minimum atomic E-state index is 0.423. The summed E-state index contributed by atoms with van der Waals surface area (Å²) in [5, 5.41) is 11.0. The van der Waals surface area contributed by atoms with E-state index in [1.165, 1.54) is 0 Å². The summed E-state index contributed by atoms with van der Waals surface area (Å²) in [5.41, 5.74) is 2.02. The lowest BCUT2D eigenvalue weighted by atomic mass is 10.2. The summed E-state index contributed by atoms with van der Waals surface area (Å²) in [6.45, 7) is 4.22. The maximum absolute atomic E-state index is 8.52. The highest BCUT2D eigenvalue weighted by molar-refractivity contribution is 5.32. The van der Waals surface area contributed by atoms with Gasteiger partial charge in [0.25, 0.3) is 0 Å². The van der Waals surface area contributed by atoms with E-state index in [1.54, 1.807) is 0 Å². The maximum Gasteiger partial charge on any atom is 0.236 e. The normalized spacial score (nSPS) is 9.67. The number of aryl methyl sites for hydroxylation is 2. The lowest BCUT2D eigenvalue weighted by Crippen LogP contribution is -2.03. The van der Waals surface area contributed by atoms with Gasteiger partial charge >= 0.3 is 0 Å². The van der Waals surface area contributed by atoms with Crippen molar-refractivity contribution in [3.63, 3.8) is 0 Å². The summed E-state index contributed by atoms with van der Waals surface area (Å²) >= 11 is 0. The highest BCUT2D eigenvalue weighted by atomic mass is 15.1. The van der Waals surface area contributed by atoms with Gasteiger partial charge in [0.05, 0.1) is 0 Å². The molecule has 0 bridgehead atoms. The third-order valence-corrected chi connectivity index (χ3v) is 2.01. The Morgan fingerprint density at radius 3 is 2.13 bits per heavy atom. The molecule has 0 radical (unpaired) electrons. The predicted octanol–water partition coefficient (Wildman–Crippen LogP) is 2.27. The zero-order valence-corrected chi connectivity index (χ0v) is 9.25. The Morgan fingerprint density at radius 1 is 1.20 bits per heavy atom. The molecule has 1 heterocycles. The Bertz CT molecular complexity index is 330. The average molecular weight is 204 g/mol. The molecule has 0 saturated heterocycles. The van der Waals surface area contributed by atoms with Crippen molar-refractivity contribution in [2.45, 2.75) is 39.5 Å². The van der Waals surface area contributed by atoms with Crippen LogP contribution in [0.1, 0.15) is 38.1 Å². The van der Waals surface area contributed by atoms with Gasteiger partial charge in [0.2, 0.25) is 5.95 Å². The quantitative estimate of drug-likeness (QED) is 0.590. The Labute approximate surface area is 90.4 Å². The first kappa shape index (κ1) is 11.4. The van der Waals surface area contributed by atoms with Crippen molar-refractivity contribution in [3.05, 3.63) is 17.5 Å². The van der Waals surface area contributed by atoms with E-state index in [9.17, 15) is 0 Å². The lowest BCUT2D eigenvalue weighted by Gasteiger charge is -2.05. The van der Waals surface area contributed by atoms with Crippen LogP contribution in [0.25, 0.3) is 0 Å². The first-order chi connectivity index (χ1) is 7.30. The largest absolute Gasteiger partial charge is 0.261 e. The molecule has 0 unspecified atom stereocenters. The maximum atomic E-state index is 8.52. The second-order valence-corrected chi connectivity index (χ2v) is 3.41. The first-order valence-corrected chi connectivity index (χ1v) is 5.32. The van der Waals surface area contributed by atoms with Gasteiger partial charge < -0.3 is 0 Å². The third-order valence-electron chi connectivity index (χ3n) is 2.01. The number of hydrogen-bond acceptors (Lipinski definition) is 4. The van der Waals surface area contributed by atoms with Gasteiger partial charge in [0, 0.05) is 11.4 Å². The van der Waals surface area contributed by atoms with Gasteiger partial charge in [-0.2, -0.15) is 5.26 Å². The van der Waals surface area contributed by atoms with Crippen molar-refractivity contribution >= 4 is 5.95 Å². The molecule has 0 spiro atoms. The number of rotatable bonds is 5. The van der Waals surface area contributed by atoms with Gasteiger partial charge in [-0.3, -0.25) is 5.32 Å². The van der Waals surface area contributed by atoms with E-state index in [-0.39, 0.29) is 0 Å². The Kier molecular flexibility index (Phi) is 4.55. The predicted molar refractivity (Wildman–Crippen MR) is 59.3 cm³/mol. The topological polar surface area (TPSA) is 61.6 Å². The standard InChI is InChI=1S/C11H16N4/c1-3-5-9-7-10(6-4-2)15-11(14-9)13-8-12/h7H,3-6H2,1-2H3,(H,13,14,15). The van der Waals surface area contributed by atoms with Crippen LogP contribution >= 0.6 is 0 Å². The first-order valence-electron chi connectivity index (χ1n) is 5.32. The fourth-order valence-corrected chi connectivity index (χ4v) is 1.43. The van der Waals surface area contributed by atoms with E-state index < -0.39 is 0 Å². The summed E-state index contributed by atoms with van der Waals surface area (Å²) in [5.74, 6) is 0.423. The molecule has 80 valence electrons. The van der Waals surface area contributed by atoms with Crippen molar-refractivity contribution in [2.75, 3.05) is 5.32 Å². The van der Waals surface area contributed by atoms with Gasteiger partial charge in [0.15, 0.2) is 6.19 Å². The summed E-state index contributed by atoms with van der Waals surface area (Å²) < 4.78 is 0. The molecule has 0 aliphatic rings. The van der Waals surface area contributed by atoms with E-state index in [1.807, 2.05) is 12.3 Å². The van der Waals surface area contributed by atoms with E-state index in [2.05, 4.69) is 29.1 Å². The van der Waals surface area contributed by atoms with E-state index in [0.29, 0.717) is 5.95 Å². The fourth-order valence-electron chi connectivity index (χ4n) is 1.43. The smallest absolute Gasteiger partial charge is 0.236 e. The van der Waals surface area contributed by atoms with E-state index >= 15 is 0 Å². The number of anilines is 1. The van der Waals surface area contributed by atoms with Crippen LogP contribution in [0.2, 0.25) is 0 Å². The molecule has 0 aliphatic heterocycles. The second-order valence-electron chi connectivity index (χ2n) is 3.41. The number of aromatic nitrogens is 2. The summed E-state index contributed by atoms with van der Waals surface area (Å²) in [6, 6.07) is 2.02. The Morgan fingerprint density at radius 2 is 1.73 bits per heavy atom. The Balaban J connectivity index is 2.92. The third kappa shape index (κ3) is 3.55. The molecule has 0 aliphatic carbocycles. The van der Waals surface area contributed by atoms with Crippen LogP contribution in [-0.2, 0) is 12.8 Å². The number of hydrogen-bond donors (Lipinski definition) is 1. The van der Waals surface area contributed by atoms with Gasteiger partial charge in [-0.25, -0.2) is 9.97 Å². The Hall–Kier alpha value is -1.63. The zero-order valence-electron chi connectivity index (χ0n) is 9.25. The molecule has 1 N–H and O–H groups in total. The number of nitriles is 1. The molecule has 0 fully saturated rings. The number of nitrogens with zero attached hydrogens (tertiary/aromatic N) is 3. The van der Waals surface area contributed by atoms with Gasteiger partial charge in [-0.05, 0) is 18.9 Å². The van der Waals surface area contributed by atoms with Crippen LogP contribution in [0, 0.1) is 11.5 Å². The molecule has 0 aromatic carbocycles. The van der Waals surface area contributed by atoms with Crippen LogP contribution < -0.4 is 5.32 Å². The lowest BCUT2D eigenvalue weighted by molar-refractivity contribution is 0.833. The van der Waals surface area contributed by atoms with Gasteiger partial charge in [-0.1, -0.05) is 26.7 Å². The molecule has 4 nitrogen and oxygen atoms in total. The fraction of sp³-hybridized carbons (Fsp3) is 0.545. The monoisotopic (exact) mass is 204 g/mol. The van der Waals surface area contributed by atoms with Crippen LogP contribution in [-0.4, -0.2) is 9.97 Å². The van der Waals surface area contributed by atoms with Crippen LogP contribution in [0.5, 0.6) is 0 Å². The second kappa shape index (κ2) is 5.97. The molecule has 0 saturated carbocycles. The van der Waals surface area contributed by atoms with E-state index in [0.717, 1.165) is 37.1 Å². The molecule has 4 heteroatoms. The molecule has 1 aromatic rings. The molecule has 1 rings (SSSR count). The molecule has 15 heavy (non-hydrogen) atoms. The van der Waals surface area contributed by atoms with Crippen molar-refractivity contribution in [3.8, 4) is 6.19 Å². The van der Waals surface area contributed by atoms with Crippen LogP contribution in [0.4, 0.5) is 5.95 Å². The molecule has 0 amide bonds. The highest BCUT2D eigenvalue weighted by Gasteiger charge is 2.03. The molecule has 1 aromatic heterocycles. The van der Waals surface area contributed by atoms with Crippen molar-refractivity contribution in [2.24, 2.45) is 0 Å². The number of nitrogens with one attached hydrogen (secondary N) is 1. The highest BCUT2D eigenvalue weighted by Crippen LogP contribution is 2.09. The summed E-state index contributed by atoms with van der Waals surface area (Å²) in [4.78, 5) is 8.50. The minimum absolute atomic E-state index is 0.423. The minimum Gasteiger partial charge on any atom is -0.261 e.